The third-order valence-corrected chi connectivity index (χ3v) is 4.68. The SMILES string of the molecule is CCN(C(=O)CC1(N)CCC1)C(C)CS(C)(=O)=O. The smallest absolute Gasteiger partial charge is 0.224 e. The Bertz CT molecular complexity index is 402. The molecule has 106 valence electrons. The van der Waals surface area contributed by atoms with Crippen molar-refractivity contribution in [3.63, 3.8) is 0 Å². The summed E-state index contributed by atoms with van der Waals surface area (Å²) in [6.45, 7) is 4.15. The highest BCUT2D eigenvalue weighted by molar-refractivity contribution is 7.90. The fourth-order valence-corrected chi connectivity index (χ4v) is 3.53. The van der Waals surface area contributed by atoms with Crippen LogP contribution in [0.4, 0.5) is 0 Å². The van der Waals surface area contributed by atoms with E-state index in [1.807, 2.05) is 6.92 Å². The predicted molar refractivity (Wildman–Crippen MR) is 71.9 cm³/mol. The van der Waals surface area contributed by atoms with Crippen LogP contribution in [-0.4, -0.2) is 49.4 Å². The molecule has 0 bridgehead atoms. The first kappa shape index (κ1) is 15.4. The van der Waals surface area contributed by atoms with Gasteiger partial charge in [-0.1, -0.05) is 0 Å². The molecule has 0 aliphatic heterocycles. The molecule has 0 heterocycles. The summed E-state index contributed by atoms with van der Waals surface area (Å²) < 4.78 is 22.5. The molecule has 2 N–H and O–H groups in total. The van der Waals surface area contributed by atoms with Crippen LogP contribution in [0.3, 0.4) is 0 Å². The maximum atomic E-state index is 12.2. The van der Waals surface area contributed by atoms with E-state index in [9.17, 15) is 13.2 Å². The van der Waals surface area contributed by atoms with E-state index in [1.54, 1.807) is 11.8 Å². The van der Waals surface area contributed by atoms with Gasteiger partial charge in [0.25, 0.3) is 0 Å². The number of carbonyl (C=O) groups excluding carboxylic acids is 1. The second-order valence-electron chi connectivity index (χ2n) is 5.51. The Morgan fingerprint density at radius 2 is 2.00 bits per heavy atom. The minimum absolute atomic E-state index is 0.00412. The normalized spacial score (nSPS) is 20.0. The quantitative estimate of drug-likeness (QED) is 0.768. The van der Waals surface area contributed by atoms with Gasteiger partial charge in [0.2, 0.25) is 5.91 Å². The van der Waals surface area contributed by atoms with Crippen LogP contribution in [0.25, 0.3) is 0 Å². The largest absolute Gasteiger partial charge is 0.339 e. The standard InChI is InChI=1S/C12H24N2O3S/c1-4-14(10(2)9-18(3,16)17)11(15)8-12(13)6-5-7-12/h10H,4-9,13H2,1-3H3. The molecule has 0 saturated heterocycles. The minimum atomic E-state index is -3.07. The van der Waals surface area contributed by atoms with Crippen LogP contribution in [0.2, 0.25) is 0 Å². The highest BCUT2D eigenvalue weighted by Crippen LogP contribution is 2.32. The Kier molecular flexibility index (Phi) is 4.78. The summed E-state index contributed by atoms with van der Waals surface area (Å²) in [6, 6.07) is -0.291. The molecule has 0 aromatic heterocycles. The minimum Gasteiger partial charge on any atom is -0.339 e. The van der Waals surface area contributed by atoms with E-state index in [2.05, 4.69) is 0 Å². The number of nitrogens with two attached hydrogens (primary N) is 1. The molecule has 1 rings (SSSR count). The zero-order valence-corrected chi connectivity index (χ0v) is 12.3. The van der Waals surface area contributed by atoms with Crippen molar-refractivity contribution in [2.45, 2.75) is 51.1 Å². The highest BCUT2D eigenvalue weighted by atomic mass is 32.2. The highest BCUT2D eigenvalue weighted by Gasteiger charge is 2.36. The van der Waals surface area contributed by atoms with E-state index in [-0.39, 0.29) is 23.2 Å². The van der Waals surface area contributed by atoms with Crippen LogP contribution in [0.15, 0.2) is 0 Å². The molecule has 1 aliphatic carbocycles. The Hall–Kier alpha value is -0.620. The van der Waals surface area contributed by atoms with E-state index >= 15 is 0 Å². The Morgan fingerprint density at radius 3 is 2.33 bits per heavy atom. The molecule has 18 heavy (non-hydrogen) atoms. The first-order valence-corrected chi connectivity index (χ1v) is 8.49. The number of nitrogens with zero attached hydrogens (tertiary/aromatic N) is 1. The van der Waals surface area contributed by atoms with Crippen molar-refractivity contribution < 1.29 is 13.2 Å². The lowest BCUT2D eigenvalue weighted by atomic mass is 9.75. The van der Waals surface area contributed by atoms with E-state index in [0.29, 0.717) is 13.0 Å². The number of amides is 1. The van der Waals surface area contributed by atoms with E-state index < -0.39 is 9.84 Å². The number of carbonyl (C=O) groups is 1. The van der Waals surface area contributed by atoms with Crippen LogP contribution in [0.1, 0.15) is 39.5 Å². The van der Waals surface area contributed by atoms with E-state index in [1.165, 1.54) is 6.26 Å². The fraction of sp³-hybridized carbons (Fsp3) is 0.917. The molecule has 1 saturated carbocycles. The van der Waals surface area contributed by atoms with Crippen molar-refractivity contribution in [3.05, 3.63) is 0 Å². The molecule has 0 radical (unpaired) electrons. The Balaban J connectivity index is 2.61. The molecule has 1 atom stereocenters. The molecule has 1 amide bonds. The molecule has 1 aliphatic rings. The molecule has 0 aromatic carbocycles. The molecule has 5 nitrogen and oxygen atoms in total. The van der Waals surface area contributed by atoms with Gasteiger partial charge in [-0.05, 0) is 33.1 Å². The molecule has 0 aromatic rings. The van der Waals surface area contributed by atoms with Crippen LogP contribution < -0.4 is 5.73 Å². The summed E-state index contributed by atoms with van der Waals surface area (Å²) >= 11 is 0. The number of hydrogen-bond acceptors (Lipinski definition) is 4. The van der Waals surface area contributed by atoms with Crippen molar-refractivity contribution in [2.24, 2.45) is 5.73 Å². The van der Waals surface area contributed by atoms with Crippen LogP contribution in [-0.2, 0) is 14.6 Å². The van der Waals surface area contributed by atoms with Gasteiger partial charge in [0, 0.05) is 30.8 Å². The average Bonchev–Trinajstić information content (AvgIpc) is 2.13. The van der Waals surface area contributed by atoms with Gasteiger partial charge in [-0.2, -0.15) is 0 Å². The van der Waals surface area contributed by atoms with Gasteiger partial charge in [0.1, 0.15) is 9.84 Å². The monoisotopic (exact) mass is 276 g/mol. The van der Waals surface area contributed by atoms with Gasteiger partial charge >= 0.3 is 0 Å². The van der Waals surface area contributed by atoms with Crippen molar-refractivity contribution in [1.29, 1.82) is 0 Å². The maximum absolute atomic E-state index is 12.2. The topological polar surface area (TPSA) is 80.5 Å². The lowest BCUT2D eigenvalue weighted by molar-refractivity contribution is -0.134. The number of hydrogen-bond donors (Lipinski definition) is 1. The fourth-order valence-electron chi connectivity index (χ4n) is 2.47. The molecule has 6 heteroatoms. The molecular formula is C12H24N2O3S. The summed E-state index contributed by atoms with van der Waals surface area (Å²) in [7, 11) is -3.07. The third-order valence-electron chi connectivity index (χ3n) is 3.59. The van der Waals surface area contributed by atoms with Gasteiger partial charge in [-0.25, -0.2) is 8.42 Å². The van der Waals surface area contributed by atoms with E-state index in [0.717, 1.165) is 19.3 Å². The van der Waals surface area contributed by atoms with Crippen LogP contribution in [0, 0.1) is 0 Å². The molecular weight excluding hydrogens is 252 g/mol. The first-order valence-electron chi connectivity index (χ1n) is 6.43. The van der Waals surface area contributed by atoms with Gasteiger partial charge in [0.05, 0.1) is 5.75 Å². The van der Waals surface area contributed by atoms with Crippen molar-refractivity contribution in [1.82, 2.24) is 4.90 Å². The molecule has 0 spiro atoms. The number of sulfone groups is 1. The summed E-state index contributed by atoms with van der Waals surface area (Å²) in [5.41, 5.74) is 5.71. The second kappa shape index (κ2) is 5.57. The number of rotatable bonds is 6. The van der Waals surface area contributed by atoms with Crippen molar-refractivity contribution in [3.8, 4) is 0 Å². The molecule has 1 fully saturated rings. The zero-order chi connectivity index (χ0) is 14.0. The van der Waals surface area contributed by atoms with Crippen molar-refractivity contribution in [2.75, 3.05) is 18.6 Å². The average molecular weight is 276 g/mol. The third kappa shape index (κ3) is 4.24. The van der Waals surface area contributed by atoms with E-state index in [4.69, 9.17) is 5.73 Å². The first-order chi connectivity index (χ1) is 8.17. The Morgan fingerprint density at radius 1 is 1.44 bits per heavy atom. The Labute approximate surface area is 110 Å². The van der Waals surface area contributed by atoms with Gasteiger partial charge in [0.15, 0.2) is 0 Å². The van der Waals surface area contributed by atoms with Crippen molar-refractivity contribution >= 4 is 15.7 Å². The second-order valence-corrected chi connectivity index (χ2v) is 7.70. The lowest BCUT2D eigenvalue weighted by Crippen LogP contribution is -2.52. The molecule has 1 unspecified atom stereocenters. The van der Waals surface area contributed by atoms with Crippen LogP contribution in [0.5, 0.6) is 0 Å². The van der Waals surface area contributed by atoms with Gasteiger partial charge in [-0.15, -0.1) is 0 Å². The predicted octanol–water partition coefficient (Wildman–Crippen LogP) is 0.540. The van der Waals surface area contributed by atoms with Crippen LogP contribution >= 0.6 is 0 Å². The lowest BCUT2D eigenvalue weighted by Gasteiger charge is -2.39. The zero-order valence-electron chi connectivity index (χ0n) is 11.5. The summed E-state index contributed by atoms with van der Waals surface area (Å²) in [6.07, 6.45) is 4.37. The van der Waals surface area contributed by atoms with Gasteiger partial charge in [-0.3, -0.25) is 4.79 Å². The maximum Gasteiger partial charge on any atom is 0.224 e. The van der Waals surface area contributed by atoms with Gasteiger partial charge < -0.3 is 10.6 Å². The summed E-state index contributed by atoms with van der Waals surface area (Å²) in [5, 5.41) is 0. The summed E-state index contributed by atoms with van der Waals surface area (Å²) in [4.78, 5) is 13.8. The summed E-state index contributed by atoms with van der Waals surface area (Å²) in [5.74, 6) is -0.0275.